The van der Waals surface area contributed by atoms with Gasteiger partial charge in [0, 0.05) is 0 Å². The summed E-state index contributed by atoms with van der Waals surface area (Å²) in [5, 5.41) is 11.9. The molecule has 1 aromatic carbocycles. The zero-order chi connectivity index (χ0) is 15.3. The number of benzene rings is 1. The molecule has 0 bridgehead atoms. The highest BCUT2D eigenvalue weighted by molar-refractivity contribution is 5.88. The fraction of sp³-hybridized carbons (Fsp3) is 0.529. The van der Waals surface area contributed by atoms with Crippen molar-refractivity contribution in [3.63, 3.8) is 0 Å². The number of rotatable bonds is 7. The molecule has 0 radical (unpaired) electrons. The van der Waals surface area contributed by atoms with E-state index in [1.807, 2.05) is 37.3 Å². The van der Waals surface area contributed by atoms with Crippen LogP contribution in [0.15, 0.2) is 30.3 Å². The van der Waals surface area contributed by atoms with Crippen LogP contribution in [0.3, 0.4) is 0 Å². The molecule has 1 unspecified atom stereocenters. The Morgan fingerprint density at radius 2 is 1.95 bits per heavy atom. The molecule has 0 spiro atoms. The van der Waals surface area contributed by atoms with Gasteiger partial charge >= 0.3 is 5.97 Å². The van der Waals surface area contributed by atoms with Gasteiger partial charge in [0.2, 0.25) is 5.91 Å². The minimum absolute atomic E-state index is 0.0987. The van der Waals surface area contributed by atoms with Gasteiger partial charge in [0.25, 0.3) is 0 Å². The maximum absolute atomic E-state index is 12.6. The van der Waals surface area contributed by atoms with Crippen LogP contribution in [0.4, 0.5) is 0 Å². The van der Waals surface area contributed by atoms with E-state index < -0.39 is 17.4 Å². The minimum Gasteiger partial charge on any atom is -0.480 e. The van der Waals surface area contributed by atoms with Gasteiger partial charge in [-0.15, -0.1) is 0 Å². The van der Waals surface area contributed by atoms with Crippen molar-refractivity contribution >= 4 is 11.9 Å². The Morgan fingerprint density at radius 1 is 1.29 bits per heavy atom. The predicted molar refractivity (Wildman–Crippen MR) is 80.9 cm³/mol. The predicted octanol–water partition coefficient (Wildman–Crippen LogP) is 2.77. The average Bonchev–Trinajstić information content (AvgIpc) is 2.43. The number of hydrogen-bond acceptors (Lipinski definition) is 2. The molecular weight excluding hydrogens is 266 g/mol. The number of nitrogens with one attached hydrogen (secondary N) is 1. The van der Waals surface area contributed by atoms with E-state index >= 15 is 0 Å². The smallest absolute Gasteiger partial charge is 0.326 e. The molecule has 4 heteroatoms. The van der Waals surface area contributed by atoms with Gasteiger partial charge in [-0.2, -0.15) is 0 Å². The Balaban J connectivity index is 2.05. The molecular formula is C17H23NO3. The molecule has 1 aromatic rings. The second-order valence-corrected chi connectivity index (χ2v) is 5.95. The molecule has 1 atom stereocenters. The summed E-state index contributed by atoms with van der Waals surface area (Å²) in [5.74, 6) is -1.04. The molecule has 2 rings (SSSR count). The monoisotopic (exact) mass is 289 g/mol. The fourth-order valence-electron chi connectivity index (χ4n) is 2.93. The lowest BCUT2D eigenvalue weighted by molar-refractivity contribution is -0.146. The molecule has 0 aromatic heterocycles. The molecule has 114 valence electrons. The second kappa shape index (κ2) is 6.74. The molecule has 0 heterocycles. The number of carbonyl (C=O) groups is 2. The summed E-state index contributed by atoms with van der Waals surface area (Å²) >= 11 is 0. The highest BCUT2D eigenvalue weighted by Gasteiger charge is 2.44. The van der Waals surface area contributed by atoms with E-state index in [0.29, 0.717) is 12.8 Å². The molecule has 1 aliphatic rings. The van der Waals surface area contributed by atoms with Gasteiger partial charge < -0.3 is 10.4 Å². The molecule has 1 amide bonds. The molecule has 1 fully saturated rings. The largest absolute Gasteiger partial charge is 0.480 e. The van der Waals surface area contributed by atoms with Crippen molar-refractivity contribution in [2.24, 2.45) is 5.41 Å². The van der Waals surface area contributed by atoms with E-state index in [0.717, 1.165) is 31.2 Å². The van der Waals surface area contributed by atoms with Gasteiger partial charge in [0.1, 0.15) is 6.04 Å². The van der Waals surface area contributed by atoms with Gasteiger partial charge in [0.15, 0.2) is 0 Å². The number of hydrogen-bond donors (Lipinski definition) is 2. The molecule has 1 saturated carbocycles. The molecule has 0 saturated heterocycles. The zero-order valence-corrected chi connectivity index (χ0v) is 12.5. The summed E-state index contributed by atoms with van der Waals surface area (Å²) in [5.41, 5.74) is 0.720. The lowest BCUT2D eigenvalue weighted by Crippen LogP contribution is -2.52. The van der Waals surface area contributed by atoms with Crippen LogP contribution in [-0.2, 0) is 16.0 Å². The van der Waals surface area contributed by atoms with Crippen molar-refractivity contribution in [3.8, 4) is 0 Å². The van der Waals surface area contributed by atoms with Crippen molar-refractivity contribution in [2.45, 2.75) is 51.5 Å². The maximum Gasteiger partial charge on any atom is 0.326 e. The quantitative estimate of drug-likeness (QED) is 0.811. The van der Waals surface area contributed by atoms with Crippen molar-refractivity contribution in [1.82, 2.24) is 5.32 Å². The van der Waals surface area contributed by atoms with E-state index in [1.165, 1.54) is 0 Å². The lowest BCUT2D eigenvalue weighted by atomic mass is 9.64. The Morgan fingerprint density at radius 3 is 2.43 bits per heavy atom. The first kappa shape index (κ1) is 15.5. The zero-order valence-electron chi connectivity index (χ0n) is 12.5. The summed E-state index contributed by atoms with van der Waals surface area (Å²) < 4.78 is 0. The van der Waals surface area contributed by atoms with Crippen molar-refractivity contribution in [2.75, 3.05) is 0 Å². The van der Waals surface area contributed by atoms with E-state index in [4.69, 9.17) is 0 Å². The summed E-state index contributed by atoms with van der Waals surface area (Å²) in [6.07, 6.45) is 4.62. The molecule has 1 aliphatic carbocycles. The van der Waals surface area contributed by atoms with Gasteiger partial charge in [-0.25, -0.2) is 4.79 Å². The maximum atomic E-state index is 12.6. The third-order valence-corrected chi connectivity index (χ3v) is 4.36. The summed E-state index contributed by atoms with van der Waals surface area (Å²) in [7, 11) is 0. The van der Waals surface area contributed by atoms with Crippen LogP contribution in [0, 0.1) is 5.41 Å². The fourth-order valence-corrected chi connectivity index (χ4v) is 2.93. The van der Waals surface area contributed by atoms with Gasteiger partial charge in [-0.3, -0.25) is 4.79 Å². The standard InChI is InChI=1S/C17H23NO3/c1-2-7-14(15(19)20)18-16(21)17(10-6-11-17)12-13-8-4-3-5-9-13/h3-5,8-9,14H,2,6-7,10-12H2,1H3,(H,18,21)(H,19,20). The highest BCUT2D eigenvalue weighted by Crippen LogP contribution is 2.44. The lowest BCUT2D eigenvalue weighted by Gasteiger charge is -2.41. The first-order valence-corrected chi connectivity index (χ1v) is 7.65. The van der Waals surface area contributed by atoms with Crippen molar-refractivity contribution in [1.29, 1.82) is 0 Å². The Bertz CT molecular complexity index is 494. The Hall–Kier alpha value is -1.84. The summed E-state index contributed by atoms with van der Waals surface area (Å²) in [4.78, 5) is 23.8. The Labute approximate surface area is 125 Å². The number of amides is 1. The van der Waals surface area contributed by atoms with Gasteiger partial charge in [-0.05, 0) is 31.2 Å². The van der Waals surface area contributed by atoms with E-state index in [-0.39, 0.29) is 5.91 Å². The van der Waals surface area contributed by atoms with Crippen LogP contribution in [-0.4, -0.2) is 23.0 Å². The second-order valence-electron chi connectivity index (χ2n) is 5.95. The molecule has 2 N–H and O–H groups in total. The van der Waals surface area contributed by atoms with E-state index in [1.54, 1.807) is 0 Å². The first-order chi connectivity index (χ1) is 10.1. The van der Waals surface area contributed by atoms with Crippen LogP contribution < -0.4 is 5.32 Å². The van der Waals surface area contributed by atoms with Gasteiger partial charge in [0.05, 0.1) is 5.41 Å². The van der Waals surface area contributed by atoms with Crippen LogP contribution in [0.5, 0.6) is 0 Å². The summed E-state index contributed by atoms with van der Waals surface area (Å²) in [6.45, 7) is 1.92. The van der Waals surface area contributed by atoms with Crippen molar-refractivity contribution < 1.29 is 14.7 Å². The minimum atomic E-state index is -0.945. The van der Waals surface area contributed by atoms with E-state index in [2.05, 4.69) is 5.32 Å². The molecule has 21 heavy (non-hydrogen) atoms. The highest BCUT2D eigenvalue weighted by atomic mass is 16.4. The number of carboxylic acids is 1. The SMILES string of the molecule is CCCC(NC(=O)C1(Cc2ccccc2)CCC1)C(=O)O. The van der Waals surface area contributed by atoms with Crippen LogP contribution in [0.1, 0.15) is 44.6 Å². The summed E-state index contributed by atoms with van der Waals surface area (Å²) in [6, 6.07) is 9.17. The third kappa shape index (κ3) is 3.63. The number of carboxylic acid groups (broad SMARTS) is 1. The van der Waals surface area contributed by atoms with Crippen LogP contribution >= 0.6 is 0 Å². The van der Waals surface area contributed by atoms with Crippen LogP contribution in [0.2, 0.25) is 0 Å². The van der Waals surface area contributed by atoms with Gasteiger partial charge in [-0.1, -0.05) is 50.1 Å². The molecule has 0 aliphatic heterocycles. The normalized spacial score (nSPS) is 17.6. The topological polar surface area (TPSA) is 66.4 Å². The molecule has 4 nitrogen and oxygen atoms in total. The third-order valence-electron chi connectivity index (χ3n) is 4.36. The number of aliphatic carboxylic acids is 1. The van der Waals surface area contributed by atoms with Crippen LogP contribution in [0.25, 0.3) is 0 Å². The van der Waals surface area contributed by atoms with Crippen molar-refractivity contribution in [3.05, 3.63) is 35.9 Å². The Kier molecular flexibility index (Phi) is 4.99. The first-order valence-electron chi connectivity index (χ1n) is 7.65. The van der Waals surface area contributed by atoms with E-state index in [9.17, 15) is 14.7 Å². The average molecular weight is 289 g/mol. The number of carbonyl (C=O) groups excluding carboxylic acids is 1.